The van der Waals surface area contributed by atoms with E-state index in [-0.39, 0.29) is 0 Å². The fourth-order valence-corrected chi connectivity index (χ4v) is 3.13. The molecule has 7 heteroatoms. The molecule has 0 spiro atoms. The molecule has 0 aliphatic rings. The first-order chi connectivity index (χ1) is 10.2. The molecule has 3 aromatic rings. The molecule has 0 atom stereocenters. The molecule has 0 aliphatic heterocycles. The molecule has 0 aliphatic carbocycles. The van der Waals surface area contributed by atoms with E-state index in [2.05, 4.69) is 50.2 Å². The van der Waals surface area contributed by atoms with Gasteiger partial charge < -0.3 is 14.0 Å². The van der Waals surface area contributed by atoms with Gasteiger partial charge in [-0.3, -0.25) is 0 Å². The third kappa shape index (κ3) is 3.37. The Morgan fingerprint density at radius 1 is 1.19 bits per heavy atom. The normalized spacial score (nSPS) is 11.4. The maximum atomic E-state index is 4.50. The van der Waals surface area contributed by atoms with E-state index in [0.717, 1.165) is 25.5 Å². The Kier molecular flexibility index (Phi) is 4.12. The zero-order valence-electron chi connectivity index (χ0n) is 12.2. The Balaban J connectivity index is 1.73. The van der Waals surface area contributed by atoms with E-state index in [1.165, 1.54) is 10.4 Å². The average molecular weight is 302 g/mol. The highest BCUT2D eigenvalue weighted by Gasteiger charge is 2.09. The van der Waals surface area contributed by atoms with Crippen LogP contribution in [0.1, 0.15) is 5.56 Å². The fourth-order valence-electron chi connectivity index (χ4n) is 2.22. The fraction of sp³-hybridized carbons (Fsp3) is 0.357. The molecular formula is C14H18N6S. The van der Waals surface area contributed by atoms with E-state index in [4.69, 9.17) is 0 Å². The smallest absolute Gasteiger partial charge is 0.150 e. The van der Waals surface area contributed by atoms with Crippen molar-refractivity contribution in [2.24, 2.45) is 0 Å². The van der Waals surface area contributed by atoms with Gasteiger partial charge in [-0.25, -0.2) is 4.98 Å². The van der Waals surface area contributed by atoms with Crippen molar-refractivity contribution in [3.63, 3.8) is 0 Å². The van der Waals surface area contributed by atoms with Crippen molar-refractivity contribution in [3.8, 4) is 10.7 Å². The van der Waals surface area contributed by atoms with Crippen LogP contribution in [0.5, 0.6) is 0 Å². The third-order valence-corrected chi connectivity index (χ3v) is 4.13. The standard InChI is InChI=1S/C14H18N6S/c1-18(2)8-12-7-13(21-9-12)14-15-3-4-20(14)6-5-19-10-16-17-11-19/h3-4,7,9-11H,5-6,8H2,1-2H3. The van der Waals surface area contributed by atoms with Crippen molar-refractivity contribution in [2.45, 2.75) is 19.6 Å². The Morgan fingerprint density at radius 3 is 2.76 bits per heavy atom. The predicted octanol–water partition coefficient (Wildman–Crippen LogP) is 1.96. The minimum Gasteiger partial charge on any atom is -0.329 e. The summed E-state index contributed by atoms with van der Waals surface area (Å²) in [6, 6.07) is 2.22. The lowest BCUT2D eigenvalue weighted by molar-refractivity contribution is 0.403. The minimum absolute atomic E-state index is 0.840. The van der Waals surface area contributed by atoms with Gasteiger partial charge in [0.2, 0.25) is 0 Å². The summed E-state index contributed by atoms with van der Waals surface area (Å²) in [5.74, 6) is 1.03. The lowest BCUT2D eigenvalue weighted by atomic mass is 10.3. The maximum absolute atomic E-state index is 4.50. The number of aryl methyl sites for hydroxylation is 2. The van der Waals surface area contributed by atoms with Crippen molar-refractivity contribution in [3.05, 3.63) is 42.1 Å². The van der Waals surface area contributed by atoms with Crippen molar-refractivity contribution in [1.29, 1.82) is 0 Å². The van der Waals surface area contributed by atoms with Crippen LogP contribution in [0.4, 0.5) is 0 Å². The first kappa shape index (κ1) is 14.0. The summed E-state index contributed by atoms with van der Waals surface area (Å²) in [4.78, 5) is 7.88. The van der Waals surface area contributed by atoms with Gasteiger partial charge in [-0.05, 0) is 31.1 Å². The number of rotatable bonds is 6. The van der Waals surface area contributed by atoms with E-state index in [9.17, 15) is 0 Å². The van der Waals surface area contributed by atoms with Crippen LogP contribution in [0, 0.1) is 0 Å². The molecule has 0 saturated heterocycles. The molecule has 0 bridgehead atoms. The van der Waals surface area contributed by atoms with Crippen molar-refractivity contribution >= 4 is 11.3 Å². The molecule has 0 amide bonds. The van der Waals surface area contributed by atoms with Crippen LogP contribution in [0.3, 0.4) is 0 Å². The van der Waals surface area contributed by atoms with Gasteiger partial charge in [0.25, 0.3) is 0 Å². The molecule has 0 saturated carbocycles. The quantitative estimate of drug-likeness (QED) is 0.698. The number of hydrogen-bond donors (Lipinski definition) is 0. The van der Waals surface area contributed by atoms with Crippen molar-refractivity contribution < 1.29 is 0 Å². The van der Waals surface area contributed by atoms with Crippen LogP contribution in [0.15, 0.2) is 36.5 Å². The van der Waals surface area contributed by atoms with Crippen LogP contribution >= 0.6 is 11.3 Å². The zero-order chi connectivity index (χ0) is 14.7. The monoisotopic (exact) mass is 302 g/mol. The van der Waals surface area contributed by atoms with Gasteiger partial charge >= 0.3 is 0 Å². The molecule has 0 aromatic carbocycles. The van der Waals surface area contributed by atoms with Gasteiger partial charge in [-0.2, -0.15) is 0 Å². The highest BCUT2D eigenvalue weighted by atomic mass is 32.1. The van der Waals surface area contributed by atoms with E-state index in [0.29, 0.717) is 0 Å². The summed E-state index contributed by atoms with van der Waals surface area (Å²) in [6.07, 6.45) is 7.34. The van der Waals surface area contributed by atoms with E-state index in [1.807, 2.05) is 17.0 Å². The molecule has 0 N–H and O–H groups in total. The molecule has 3 aromatic heterocycles. The Morgan fingerprint density at radius 2 is 2.00 bits per heavy atom. The molecule has 0 radical (unpaired) electrons. The molecule has 3 rings (SSSR count). The minimum atomic E-state index is 0.840. The number of nitrogens with zero attached hydrogens (tertiary/aromatic N) is 6. The van der Waals surface area contributed by atoms with Gasteiger partial charge in [0.05, 0.1) is 4.88 Å². The highest BCUT2D eigenvalue weighted by Crippen LogP contribution is 2.26. The topological polar surface area (TPSA) is 51.8 Å². The Hall–Kier alpha value is -1.99. The third-order valence-electron chi connectivity index (χ3n) is 3.15. The molecular weight excluding hydrogens is 284 g/mol. The Bertz CT molecular complexity index is 682. The highest BCUT2D eigenvalue weighted by molar-refractivity contribution is 7.13. The van der Waals surface area contributed by atoms with Gasteiger partial charge in [0.15, 0.2) is 0 Å². The van der Waals surface area contributed by atoms with Crippen LogP contribution in [-0.4, -0.2) is 43.3 Å². The molecule has 110 valence electrons. The number of imidazole rings is 1. The lowest BCUT2D eigenvalue weighted by Crippen LogP contribution is -2.09. The molecule has 21 heavy (non-hydrogen) atoms. The van der Waals surface area contributed by atoms with Crippen LogP contribution in [0.25, 0.3) is 10.7 Å². The second-order valence-corrected chi connectivity index (χ2v) is 6.11. The second-order valence-electron chi connectivity index (χ2n) is 5.20. The van der Waals surface area contributed by atoms with Gasteiger partial charge in [-0.1, -0.05) is 0 Å². The van der Waals surface area contributed by atoms with Gasteiger partial charge in [0, 0.05) is 32.0 Å². The zero-order valence-corrected chi connectivity index (χ0v) is 13.0. The van der Waals surface area contributed by atoms with Crippen LogP contribution in [0.2, 0.25) is 0 Å². The lowest BCUT2D eigenvalue weighted by Gasteiger charge is -2.07. The molecule has 0 unspecified atom stereocenters. The summed E-state index contributed by atoms with van der Waals surface area (Å²) < 4.78 is 4.14. The number of thiophene rings is 1. The summed E-state index contributed by atoms with van der Waals surface area (Å²) >= 11 is 1.75. The summed E-state index contributed by atoms with van der Waals surface area (Å²) in [6.45, 7) is 2.65. The van der Waals surface area contributed by atoms with E-state index < -0.39 is 0 Å². The van der Waals surface area contributed by atoms with Crippen molar-refractivity contribution in [2.75, 3.05) is 14.1 Å². The van der Waals surface area contributed by atoms with Crippen LogP contribution in [-0.2, 0) is 19.6 Å². The molecule has 0 fully saturated rings. The summed E-state index contributed by atoms with van der Waals surface area (Å²) in [7, 11) is 4.16. The van der Waals surface area contributed by atoms with Gasteiger partial charge in [0.1, 0.15) is 18.5 Å². The van der Waals surface area contributed by atoms with E-state index >= 15 is 0 Å². The molecule has 3 heterocycles. The maximum Gasteiger partial charge on any atom is 0.150 e. The first-order valence-electron chi connectivity index (χ1n) is 6.78. The SMILES string of the molecule is CN(C)Cc1csc(-c2nccn2CCn2cnnc2)c1. The average Bonchev–Trinajstić information content (AvgIpc) is 3.17. The predicted molar refractivity (Wildman–Crippen MR) is 83.0 cm³/mol. The van der Waals surface area contributed by atoms with Gasteiger partial charge in [-0.15, -0.1) is 21.5 Å². The van der Waals surface area contributed by atoms with Crippen molar-refractivity contribution in [1.82, 2.24) is 29.2 Å². The summed E-state index contributed by atoms with van der Waals surface area (Å²) in [5, 5.41) is 9.84. The summed E-state index contributed by atoms with van der Waals surface area (Å²) in [5.41, 5.74) is 1.33. The Labute approximate surface area is 127 Å². The number of hydrogen-bond acceptors (Lipinski definition) is 5. The van der Waals surface area contributed by atoms with E-state index in [1.54, 1.807) is 24.0 Å². The molecule has 6 nitrogen and oxygen atoms in total. The van der Waals surface area contributed by atoms with Crippen LogP contribution < -0.4 is 0 Å². The first-order valence-corrected chi connectivity index (χ1v) is 7.66. The number of aromatic nitrogens is 5. The second kappa shape index (κ2) is 6.19. The largest absolute Gasteiger partial charge is 0.329 e.